The number of nitriles is 1. The minimum Gasteiger partial charge on any atom is -0.462 e. The quantitative estimate of drug-likeness (QED) is 0.277. The van der Waals surface area contributed by atoms with E-state index in [9.17, 15) is 14.4 Å². The first-order chi connectivity index (χ1) is 22.8. The van der Waals surface area contributed by atoms with Crippen molar-refractivity contribution in [1.82, 2.24) is 29.7 Å². The van der Waals surface area contributed by atoms with Crippen LogP contribution in [-0.4, -0.2) is 107 Å². The fourth-order valence-corrected chi connectivity index (χ4v) is 6.46. The van der Waals surface area contributed by atoms with Crippen molar-refractivity contribution in [2.24, 2.45) is 0 Å². The van der Waals surface area contributed by atoms with Crippen LogP contribution in [0, 0.1) is 35.9 Å². The predicted octanol–water partition coefficient (Wildman–Crippen LogP) is 3.69. The summed E-state index contributed by atoms with van der Waals surface area (Å²) in [6.07, 6.45) is 5.74. The Morgan fingerprint density at radius 2 is 2.00 bits per heavy atom. The molecule has 3 atom stereocenters. The Morgan fingerprint density at radius 1 is 1.15 bits per heavy atom. The van der Waals surface area contributed by atoms with Crippen molar-refractivity contribution in [3.8, 4) is 35.2 Å². The summed E-state index contributed by atoms with van der Waals surface area (Å²) in [5, 5.41) is 11.6. The highest BCUT2D eigenvalue weighted by molar-refractivity contribution is 6.00. The predicted molar refractivity (Wildman–Crippen MR) is 172 cm³/mol. The molecule has 0 aliphatic carbocycles. The molecule has 47 heavy (non-hydrogen) atoms. The summed E-state index contributed by atoms with van der Waals surface area (Å²) >= 11 is 0. The van der Waals surface area contributed by atoms with Crippen LogP contribution in [-0.2, 0) is 9.53 Å². The lowest BCUT2D eigenvalue weighted by atomic mass is 10.00. The van der Waals surface area contributed by atoms with Crippen molar-refractivity contribution in [1.29, 1.82) is 5.26 Å². The second-order valence-electron chi connectivity index (χ2n) is 11.8. The zero-order valence-corrected chi connectivity index (χ0v) is 26.4. The molecule has 0 bridgehead atoms. The average Bonchev–Trinajstić information content (AvgIpc) is 3.45. The normalized spacial score (nSPS) is 19.9. The van der Waals surface area contributed by atoms with Gasteiger partial charge in [-0.1, -0.05) is 24.1 Å². The molecule has 2 saturated heterocycles. The van der Waals surface area contributed by atoms with Crippen molar-refractivity contribution in [3.63, 3.8) is 0 Å². The Labute approximate surface area is 271 Å². The molecule has 1 amide bonds. The van der Waals surface area contributed by atoms with Crippen LogP contribution in [0.25, 0.3) is 32.9 Å². The lowest BCUT2D eigenvalue weighted by Crippen LogP contribution is -2.55. The van der Waals surface area contributed by atoms with E-state index in [-0.39, 0.29) is 55.5 Å². The lowest BCUT2D eigenvalue weighted by molar-refractivity contribution is -0.127. The van der Waals surface area contributed by atoms with E-state index in [1.807, 2.05) is 37.1 Å². The standard InChI is InChI=1S/C34H34F2N8O3/c1-21-6-4-7-22-15-38-16-26(29(21)22)31-30(36)32-27(17-39-31)33(41-34(40-32)47-20-24-14-25(46-3)19-42(24)2)43-12-13-44(23(18-43)9-11-37)28(45)8-5-10-35/h4,6-7,15-17,23-25H,9-10,12-14,18-20H2,1-3H3/t23-,24-,25+/m0/s1. The van der Waals surface area contributed by atoms with Gasteiger partial charge in [-0.15, -0.1) is 0 Å². The van der Waals surface area contributed by atoms with E-state index in [0.29, 0.717) is 23.3 Å². The number of aryl methyl sites for hydroxylation is 1. The molecule has 6 rings (SSSR count). The van der Waals surface area contributed by atoms with Crippen molar-refractivity contribution in [2.45, 2.75) is 38.0 Å². The van der Waals surface area contributed by atoms with Crippen molar-refractivity contribution < 1.29 is 23.0 Å². The first-order valence-electron chi connectivity index (χ1n) is 15.4. The minimum atomic E-state index is -0.942. The van der Waals surface area contributed by atoms with Crippen LogP contribution in [0.2, 0.25) is 0 Å². The Morgan fingerprint density at radius 3 is 2.77 bits per heavy atom. The van der Waals surface area contributed by atoms with Gasteiger partial charge in [-0.25, -0.2) is 8.78 Å². The largest absolute Gasteiger partial charge is 0.462 e. The summed E-state index contributed by atoms with van der Waals surface area (Å²) in [5.41, 5.74) is 1.62. The van der Waals surface area contributed by atoms with E-state index >= 15 is 4.39 Å². The number of pyridine rings is 2. The second kappa shape index (κ2) is 13.8. The average molecular weight is 641 g/mol. The summed E-state index contributed by atoms with van der Waals surface area (Å²) in [6, 6.07) is 7.41. The Bertz CT molecular complexity index is 1920. The summed E-state index contributed by atoms with van der Waals surface area (Å²) in [7, 11) is 3.67. The first-order valence-corrected chi connectivity index (χ1v) is 15.4. The van der Waals surface area contributed by atoms with Gasteiger partial charge in [0.1, 0.15) is 23.6 Å². The number of rotatable bonds is 7. The van der Waals surface area contributed by atoms with E-state index in [1.54, 1.807) is 25.7 Å². The van der Waals surface area contributed by atoms with Gasteiger partial charge in [0, 0.05) is 68.9 Å². The van der Waals surface area contributed by atoms with Gasteiger partial charge in [0.05, 0.1) is 30.0 Å². The minimum absolute atomic E-state index is 0.00538. The van der Waals surface area contributed by atoms with E-state index in [1.165, 1.54) is 4.90 Å². The number of piperazine rings is 1. The summed E-state index contributed by atoms with van der Waals surface area (Å²) in [6.45, 7) is 2.74. The number of hydrogen-bond donors (Lipinski definition) is 0. The molecule has 2 aliphatic heterocycles. The molecule has 0 N–H and O–H groups in total. The number of aromatic nitrogens is 4. The maximum atomic E-state index is 16.7. The number of likely N-dealkylation sites (tertiary alicyclic amines) is 1. The maximum Gasteiger partial charge on any atom is 0.319 e. The monoisotopic (exact) mass is 640 g/mol. The third kappa shape index (κ3) is 6.37. The number of anilines is 1. The molecule has 0 radical (unpaired) electrons. The molecule has 5 heterocycles. The van der Waals surface area contributed by atoms with Crippen LogP contribution < -0.4 is 9.64 Å². The number of methoxy groups -OCH3 is 1. The van der Waals surface area contributed by atoms with E-state index in [2.05, 4.69) is 37.8 Å². The third-order valence-electron chi connectivity index (χ3n) is 8.91. The molecule has 13 heteroatoms. The highest BCUT2D eigenvalue weighted by Crippen LogP contribution is 2.36. The number of amides is 1. The SMILES string of the molecule is CO[C@@H]1C[C@@H](COc2nc(N3CCN(C(=O)C#CCF)[C@@H](CC#N)C3)c3cnc(-c4cncc5cccc(C)c45)c(F)c3n2)N(C)C1. The first kappa shape index (κ1) is 32.0. The number of alkyl halides is 1. The third-order valence-corrected chi connectivity index (χ3v) is 8.91. The lowest BCUT2D eigenvalue weighted by Gasteiger charge is -2.40. The van der Waals surface area contributed by atoms with Gasteiger partial charge < -0.3 is 19.3 Å². The topological polar surface area (TPSA) is 121 Å². The number of carbonyl (C=O) groups is 1. The summed E-state index contributed by atoms with van der Waals surface area (Å²) < 4.78 is 41.0. The Kier molecular flexibility index (Phi) is 9.38. The van der Waals surface area contributed by atoms with Crippen LogP contribution in [0.3, 0.4) is 0 Å². The number of ether oxygens (including phenoxy) is 2. The molecule has 0 saturated carbocycles. The van der Waals surface area contributed by atoms with Gasteiger partial charge in [-0.2, -0.15) is 15.2 Å². The van der Waals surface area contributed by atoms with Crippen molar-refractivity contribution in [3.05, 3.63) is 48.2 Å². The molecule has 4 aromatic rings. The molecule has 11 nitrogen and oxygen atoms in total. The number of nitrogens with zero attached hydrogens (tertiary/aromatic N) is 8. The Hall–Kier alpha value is -4.98. The van der Waals surface area contributed by atoms with Crippen LogP contribution in [0.1, 0.15) is 18.4 Å². The number of hydrogen-bond acceptors (Lipinski definition) is 10. The zero-order chi connectivity index (χ0) is 33.1. The molecular formula is C34H34F2N8O3. The molecular weight excluding hydrogens is 606 g/mol. The van der Waals surface area contributed by atoms with Gasteiger partial charge in [-0.05, 0) is 37.3 Å². The van der Waals surface area contributed by atoms with Crippen LogP contribution >= 0.6 is 0 Å². The van der Waals surface area contributed by atoms with Gasteiger partial charge in [-0.3, -0.25) is 19.7 Å². The maximum absolute atomic E-state index is 16.7. The van der Waals surface area contributed by atoms with Crippen molar-refractivity contribution >= 4 is 33.4 Å². The summed E-state index contributed by atoms with van der Waals surface area (Å²) in [5.74, 6) is 3.63. The van der Waals surface area contributed by atoms with E-state index in [0.717, 1.165) is 29.3 Å². The van der Waals surface area contributed by atoms with Gasteiger partial charge in [0.2, 0.25) is 0 Å². The van der Waals surface area contributed by atoms with E-state index in [4.69, 9.17) is 14.5 Å². The highest BCUT2D eigenvalue weighted by atomic mass is 19.1. The molecule has 0 unspecified atom stereocenters. The number of carbonyl (C=O) groups excluding carboxylic acids is 1. The van der Waals surface area contributed by atoms with Crippen LogP contribution in [0.15, 0.2) is 36.8 Å². The van der Waals surface area contributed by atoms with Gasteiger partial charge >= 0.3 is 6.01 Å². The fourth-order valence-electron chi connectivity index (χ4n) is 6.46. The summed E-state index contributed by atoms with van der Waals surface area (Å²) in [4.78, 5) is 36.4. The van der Waals surface area contributed by atoms with Crippen LogP contribution in [0.5, 0.6) is 6.01 Å². The number of likely N-dealkylation sites (N-methyl/N-ethyl adjacent to an activating group) is 1. The molecule has 2 fully saturated rings. The molecule has 2 aliphatic rings. The number of fused-ring (bicyclic) bond motifs is 2. The highest BCUT2D eigenvalue weighted by Gasteiger charge is 2.33. The zero-order valence-electron chi connectivity index (χ0n) is 26.4. The molecule has 242 valence electrons. The molecule has 0 spiro atoms. The smallest absolute Gasteiger partial charge is 0.319 e. The molecule has 3 aromatic heterocycles. The van der Waals surface area contributed by atoms with Gasteiger partial charge in [0.15, 0.2) is 12.5 Å². The fraction of sp³-hybridized carbons (Fsp3) is 0.412. The van der Waals surface area contributed by atoms with Crippen molar-refractivity contribution in [2.75, 3.05) is 58.5 Å². The number of benzene rings is 1. The number of halogens is 2. The van der Waals surface area contributed by atoms with Crippen LogP contribution in [0.4, 0.5) is 14.6 Å². The Balaban J connectivity index is 1.42. The van der Waals surface area contributed by atoms with Gasteiger partial charge in [0.25, 0.3) is 5.91 Å². The van der Waals surface area contributed by atoms with E-state index < -0.39 is 24.4 Å². The second-order valence-corrected chi connectivity index (χ2v) is 11.8. The molecule has 1 aromatic carbocycles.